The molecule has 4 rings (SSSR count). The lowest BCUT2D eigenvalue weighted by Gasteiger charge is -2.30. The highest BCUT2D eigenvalue weighted by atomic mass is 35.7. The van der Waals surface area contributed by atoms with Crippen molar-refractivity contribution in [2.45, 2.75) is 37.8 Å². The minimum atomic E-state index is -4.94. The fraction of sp³-hybridized carbons (Fsp3) is 0.368. The fourth-order valence-electron chi connectivity index (χ4n) is 3.63. The topological polar surface area (TPSA) is 147 Å². The SMILES string of the molecule is C[n+]1c2ccccc2nc2ccc(NC3CCCCC3N)cc21.[O-][Cl+3]([O-])([O-])[O-]. The molecule has 2 unspecified atom stereocenters. The number of nitrogens with zero attached hydrogens (tertiary/aromatic N) is 2. The number of hydrogen-bond acceptors (Lipinski definition) is 7. The summed E-state index contributed by atoms with van der Waals surface area (Å²) in [4.78, 5) is 4.77. The van der Waals surface area contributed by atoms with Gasteiger partial charge < -0.3 is 11.1 Å². The van der Waals surface area contributed by atoms with Crippen LogP contribution in [0.4, 0.5) is 5.69 Å². The molecule has 0 amide bonds. The van der Waals surface area contributed by atoms with E-state index in [0.717, 1.165) is 40.6 Å². The summed E-state index contributed by atoms with van der Waals surface area (Å²) in [6.45, 7) is 0. The molecule has 0 saturated heterocycles. The van der Waals surface area contributed by atoms with Crippen molar-refractivity contribution in [2.24, 2.45) is 12.8 Å². The maximum atomic E-state index is 8.49. The van der Waals surface area contributed by atoms with Crippen LogP contribution < -0.4 is 34.3 Å². The molecule has 9 heteroatoms. The zero-order chi connectivity index (χ0) is 20.3. The molecule has 0 bridgehead atoms. The van der Waals surface area contributed by atoms with Gasteiger partial charge in [0.1, 0.15) is 18.1 Å². The molecule has 8 nitrogen and oxygen atoms in total. The smallest absolute Gasteiger partial charge is 0.233 e. The third-order valence-corrected chi connectivity index (χ3v) is 4.99. The Morgan fingerprint density at radius 1 is 1.00 bits per heavy atom. The lowest BCUT2D eigenvalue weighted by atomic mass is 9.91. The molecule has 2 aromatic carbocycles. The van der Waals surface area contributed by atoms with Crippen LogP contribution in [0.5, 0.6) is 0 Å². The Morgan fingerprint density at radius 3 is 2.36 bits per heavy atom. The maximum absolute atomic E-state index is 8.49. The molecule has 1 aromatic heterocycles. The quantitative estimate of drug-likeness (QED) is 0.374. The van der Waals surface area contributed by atoms with E-state index in [1.807, 2.05) is 6.07 Å². The van der Waals surface area contributed by atoms with E-state index >= 15 is 0 Å². The first-order valence-corrected chi connectivity index (χ1v) is 10.3. The van der Waals surface area contributed by atoms with Crippen molar-refractivity contribution in [3.8, 4) is 0 Å². The Hall–Kier alpha value is -2.07. The fourth-order valence-corrected chi connectivity index (χ4v) is 3.63. The number of nitrogens with one attached hydrogen (secondary N) is 1. The van der Waals surface area contributed by atoms with E-state index in [1.165, 1.54) is 12.8 Å². The van der Waals surface area contributed by atoms with Gasteiger partial charge in [-0.3, -0.25) is 0 Å². The van der Waals surface area contributed by atoms with Crippen LogP contribution in [0.1, 0.15) is 25.7 Å². The predicted molar refractivity (Wildman–Crippen MR) is 94.3 cm³/mol. The Bertz CT molecular complexity index is 958. The van der Waals surface area contributed by atoms with E-state index in [-0.39, 0.29) is 6.04 Å². The number of halogens is 1. The summed E-state index contributed by atoms with van der Waals surface area (Å²) in [5, 5.41) is 3.63. The Labute approximate surface area is 165 Å². The number of rotatable bonds is 2. The summed E-state index contributed by atoms with van der Waals surface area (Å²) >= 11 is 0. The molecule has 28 heavy (non-hydrogen) atoms. The molecule has 1 aliphatic rings. The maximum Gasteiger partial charge on any atom is 0.233 e. The number of aromatic nitrogens is 2. The molecule has 3 N–H and O–H groups in total. The monoisotopic (exact) mass is 406 g/mol. The van der Waals surface area contributed by atoms with Crippen molar-refractivity contribution in [3.05, 3.63) is 42.5 Å². The summed E-state index contributed by atoms with van der Waals surface area (Å²) in [6.07, 6.45) is 4.79. The highest BCUT2D eigenvalue weighted by molar-refractivity contribution is 5.83. The molecule has 0 radical (unpaired) electrons. The first kappa shape index (κ1) is 20.7. The predicted octanol–water partition coefficient (Wildman–Crippen LogP) is -1.86. The van der Waals surface area contributed by atoms with Gasteiger partial charge in [-0.1, -0.05) is 25.0 Å². The Kier molecular flexibility index (Phi) is 6.29. The van der Waals surface area contributed by atoms with E-state index in [2.05, 4.69) is 53.3 Å². The first-order valence-electron chi connectivity index (χ1n) is 9.05. The van der Waals surface area contributed by atoms with E-state index < -0.39 is 10.2 Å². The minimum Gasteiger partial charge on any atom is -0.381 e. The van der Waals surface area contributed by atoms with Gasteiger partial charge in [-0.2, -0.15) is 4.57 Å². The molecule has 1 aliphatic carbocycles. The lowest BCUT2D eigenvalue weighted by molar-refractivity contribution is -2.00. The van der Waals surface area contributed by atoms with Crippen LogP contribution in [-0.2, 0) is 7.05 Å². The Morgan fingerprint density at radius 2 is 1.64 bits per heavy atom. The third-order valence-electron chi connectivity index (χ3n) is 4.99. The highest BCUT2D eigenvalue weighted by Gasteiger charge is 2.22. The van der Waals surface area contributed by atoms with Crippen molar-refractivity contribution < 1.29 is 33.4 Å². The van der Waals surface area contributed by atoms with Gasteiger partial charge in [0.05, 0.1) is 0 Å². The average Bonchev–Trinajstić information content (AvgIpc) is 2.63. The number of benzene rings is 2. The normalized spacial score (nSPS) is 19.9. The minimum absolute atomic E-state index is 0.253. The molecule has 150 valence electrons. The summed E-state index contributed by atoms with van der Waals surface area (Å²) in [5.74, 6) is 0. The molecule has 1 saturated carbocycles. The van der Waals surface area contributed by atoms with Gasteiger partial charge in [0, 0.05) is 29.9 Å². The summed E-state index contributed by atoms with van der Waals surface area (Å²) < 4.78 is 36.2. The molecule has 1 heterocycles. The first-order chi connectivity index (χ1) is 13.2. The molecular weight excluding hydrogens is 384 g/mol. The highest BCUT2D eigenvalue weighted by Crippen LogP contribution is 2.23. The molecule has 3 aromatic rings. The molecule has 0 aliphatic heterocycles. The van der Waals surface area contributed by atoms with E-state index in [9.17, 15) is 0 Å². The zero-order valence-electron chi connectivity index (χ0n) is 15.5. The lowest BCUT2D eigenvalue weighted by Crippen LogP contribution is -2.68. The van der Waals surface area contributed by atoms with Gasteiger partial charge in [0.15, 0.2) is 0 Å². The van der Waals surface area contributed by atoms with Gasteiger partial charge >= 0.3 is 0 Å². The number of anilines is 1. The van der Waals surface area contributed by atoms with Crippen molar-refractivity contribution in [2.75, 3.05) is 5.32 Å². The standard InChI is InChI=1S/C19H22N4.ClHO4/c1-23-18-9-5-4-8-16(18)22-17-11-10-13(12-19(17)23)21-15-7-3-2-6-14(15)20;2-1(3,4)5/h4-5,8-12,14-15H,2-3,6-7,20H2,1H3;(H,2,3,4,5). The van der Waals surface area contributed by atoms with Crippen LogP contribution in [0, 0.1) is 10.2 Å². The van der Waals surface area contributed by atoms with Gasteiger partial charge in [0.2, 0.25) is 11.0 Å². The van der Waals surface area contributed by atoms with Crippen LogP contribution in [0.3, 0.4) is 0 Å². The van der Waals surface area contributed by atoms with Crippen LogP contribution in [0.2, 0.25) is 0 Å². The van der Waals surface area contributed by atoms with Gasteiger partial charge in [-0.05, 0) is 31.0 Å². The van der Waals surface area contributed by atoms with Crippen molar-refractivity contribution in [3.63, 3.8) is 0 Å². The average molecular weight is 407 g/mol. The number of aryl methyl sites for hydroxylation is 1. The van der Waals surface area contributed by atoms with E-state index in [0.29, 0.717) is 6.04 Å². The molecule has 0 spiro atoms. The summed E-state index contributed by atoms with van der Waals surface area (Å²) in [7, 11) is -2.84. The van der Waals surface area contributed by atoms with Crippen molar-refractivity contribution >= 4 is 27.8 Å². The van der Waals surface area contributed by atoms with Crippen LogP contribution in [0.15, 0.2) is 42.5 Å². The van der Waals surface area contributed by atoms with Crippen molar-refractivity contribution in [1.82, 2.24) is 4.98 Å². The van der Waals surface area contributed by atoms with Gasteiger partial charge in [-0.15, -0.1) is 10.2 Å². The second kappa shape index (κ2) is 8.52. The van der Waals surface area contributed by atoms with Gasteiger partial charge in [-0.25, -0.2) is 23.6 Å². The van der Waals surface area contributed by atoms with E-state index in [4.69, 9.17) is 29.4 Å². The van der Waals surface area contributed by atoms with Crippen LogP contribution >= 0.6 is 0 Å². The number of fused-ring (bicyclic) bond motifs is 2. The van der Waals surface area contributed by atoms with Crippen LogP contribution in [0.25, 0.3) is 22.1 Å². The number of nitrogens with two attached hydrogens (primary N) is 1. The molecule has 2 atom stereocenters. The van der Waals surface area contributed by atoms with Gasteiger partial charge in [0.25, 0.3) is 0 Å². The summed E-state index contributed by atoms with van der Waals surface area (Å²) in [6, 6.07) is 15.3. The van der Waals surface area contributed by atoms with Crippen LogP contribution in [-0.4, -0.2) is 17.1 Å². The largest absolute Gasteiger partial charge is 0.381 e. The summed E-state index contributed by atoms with van der Waals surface area (Å²) in [5.41, 5.74) is 11.7. The second-order valence-corrected chi connectivity index (χ2v) is 7.70. The third kappa shape index (κ3) is 5.26. The second-order valence-electron chi connectivity index (χ2n) is 6.94. The molecule has 1 fully saturated rings. The zero-order valence-corrected chi connectivity index (χ0v) is 16.3. The number of hydrogen-bond donors (Lipinski definition) is 2. The van der Waals surface area contributed by atoms with Crippen molar-refractivity contribution in [1.29, 1.82) is 0 Å². The van der Waals surface area contributed by atoms with E-state index in [1.54, 1.807) is 0 Å². The molecular formula is C19H23ClN4O4. The Balaban J connectivity index is 0.000000403. The number of para-hydroxylation sites is 2.